The Bertz CT molecular complexity index is 3130. The summed E-state index contributed by atoms with van der Waals surface area (Å²) in [5.41, 5.74) is 12.0. The van der Waals surface area contributed by atoms with Crippen LogP contribution in [0.1, 0.15) is 17.3 Å². The molecule has 1 unspecified atom stereocenters. The fourth-order valence-electron chi connectivity index (χ4n) is 8.54. The largest absolute Gasteiger partial charge is 0.438 e. The van der Waals surface area contributed by atoms with E-state index in [-0.39, 0.29) is 0 Å². The second-order valence-electron chi connectivity index (χ2n) is 14.1. The van der Waals surface area contributed by atoms with Crippen LogP contribution in [0.3, 0.4) is 0 Å². The lowest BCUT2D eigenvalue weighted by molar-refractivity contribution is 0.864. The van der Waals surface area contributed by atoms with E-state index in [2.05, 4.69) is 173 Å². The zero-order valence-electron chi connectivity index (χ0n) is 30.4. The van der Waals surface area contributed by atoms with Crippen molar-refractivity contribution in [2.24, 2.45) is 9.98 Å². The van der Waals surface area contributed by atoms with Crippen LogP contribution in [-0.4, -0.2) is 20.9 Å². The van der Waals surface area contributed by atoms with Gasteiger partial charge in [0.25, 0.3) is 0 Å². The Kier molecular flexibility index (Phi) is 7.49. The van der Waals surface area contributed by atoms with Gasteiger partial charge in [-0.05, 0) is 46.5 Å². The Morgan fingerprint density at radius 2 is 0.857 bits per heavy atom. The first-order chi connectivity index (χ1) is 27.8. The molecule has 1 aliphatic heterocycles. The molecule has 10 aromatic rings. The average molecular weight is 717 g/mol. The van der Waals surface area contributed by atoms with Crippen LogP contribution < -0.4 is 0 Å². The van der Waals surface area contributed by atoms with E-state index < -0.39 is 6.17 Å². The standard InChI is InChI=1S/C51H34N5/c1-6-20-34(21-7-1)43-45-39-30-16-18-32-41(39)55(38-28-14-5-15-29-38)47(45)44(35-22-8-2-9-23-35)48-46(43)40-31-17-19-33-42(40)56(48)51-53-49(36-24-10-3-11-25-36)52-50(54-51)37-26-12-4-13-27-37/h1-33,49H/q-1. The van der Waals surface area contributed by atoms with Gasteiger partial charge >= 0.3 is 0 Å². The minimum atomic E-state index is -0.483. The van der Waals surface area contributed by atoms with E-state index in [4.69, 9.17) is 15.3 Å². The van der Waals surface area contributed by atoms with Gasteiger partial charge in [-0.25, -0.2) is 0 Å². The van der Waals surface area contributed by atoms with Gasteiger partial charge in [-0.15, -0.1) is 0 Å². The zero-order chi connectivity index (χ0) is 37.0. The molecule has 5 nitrogen and oxygen atoms in total. The number of hydrogen-bond acceptors (Lipinski definition) is 2. The van der Waals surface area contributed by atoms with E-state index in [1.165, 1.54) is 16.3 Å². The van der Waals surface area contributed by atoms with Crippen molar-refractivity contribution in [3.8, 4) is 27.9 Å². The van der Waals surface area contributed by atoms with Crippen molar-refractivity contribution >= 4 is 55.4 Å². The van der Waals surface area contributed by atoms with Crippen molar-refractivity contribution in [2.75, 3.05) is 0 Å². The number of aliphatic imine (C=N–C) groups is 2. The summed E-state index contributed by atoms with van der Waals surface area (Å²) >= 11 is 0. The summed E-state index contributed by atoms with van der Waals surface area (Å²) in [6.07, 6.45) is -0.483. The molecule has 0 aliphatic carbocycles. The molecule has 0 bridgehead atoms. The van der Waals surface area contributed by atoms with E-state index >= 15 is 0 Å². The molecule has 0 spiro atoms. The van der Waals surface area contributed by atoms with Gasteiger partial charge < -0.3 is 14.9 Å². The van der Waals surface area contributed by atoms with E-state index in [9.17, 15) is 0 Å². The summed E-state index contributed by atoms with van der Waals surface area (Å²) in [4.78, 5) is 10.8. The molecule has 5 heteroatoms. The number of amidine groups is 1. The highest BCUT2D eigenvalue weighted by atomic mass is 15.3. The maximum atomic E-state index is 5.43. The zero-order valence-corrected chi connectivity index (χ0v) is 30.4. The molecule has 1 atom stereocenters. The number of para-hydroxylation sites is 3. The molecule has 2 aromatic heterocycles. The molecule has 0 saturated carbocycles. The predicted octanol–water partition coefficient (Wildman–Crippen LogP) is 13.0. The van der Waals surface area contributed by atoms with Crippen molar-refractivity contribution in [2.45, 2.75) is 6.17 Å². The van der Waals surface area contributed by atoms with Crippen LogP contribution in [0.4, 0.5) is 0 Å². The quantitative estimate of drug-likeness (QED) is 0.170. The monoisotopic (exact) mass is 716 g/mol. The Hall–Kier alpha value is -7.50. The minimum Gasteiger partial charge on any atom is -0.438 e. The first kappa shape index (κ1) is 32.0. The smallest absolute Gasteiger partial charge is 0.123 e. The third-order valence-electron chi connectivity index (χ3n) is 10.9. The number of benzene rings is 8. The van der Waals surface area contributed by atoms with Gasteiger partial charge in [0.1, 0.15) is 5.96 Å². The molecule has 3 heterocycles. The number of fused-ring (bicyclic) bond motifs is 6. The summed E-state index contributed by atoms with van der Waals surface area (Å²) in [7, 11) is 0. The number of aromatic nitrogens is 2. The topological polar surface area (TPSA) is 48.7 Å². The van der Waals surface area contributed by atoms with Crippen LogP contribution in [0.15, 0.2) is 210 Å². The first-order valence-electron chi connectivity index (χ1n) is 19.0. The van der Waals surface area contributed by atoms with Gasteiger partial charge in [-0.2, -0.15) is 0 Å². The normalized spacial score (nSPS) is 14.2. The second-order valence-corrected chi connectivity index (χ2v) is 14.1. The third-order valence-corrected chi connectivity index (χ3v) is 10.9. The van der Waals surface area contributed by atoms with E-state index in [0.717, 1.165) is 66.3 Å². The third kappa shape index (κ3) is 5.02. The maximum Gasteiger partial charge on any atom is 0.123 e. The van der Waals surface area contributed by atoms with Crippen LogP contribution in [0.25, 0.3) is 76.9 Å². The summed E-state index contributed by atoms with van der Waals surface area (Å²) in [6, 6.07) is 70.5. The van der Waals surface area contributed by atoms with Gasteiger partial charge in [0.15, 0.2) is 0 Å². The van der Waals surface area contributed by atoms with Crippen molar-refractivity contribution < 1.29 is 0 Å². The van der Waals surface area contributed by atoms with E-state index in [1.54, 1.807) is 0 Å². The molecule has 264 valence electrons. The van der Waals surface area contributed by atoms with Crippen molar-refractivity contribution in [1.82, 2.24) is 9.13 Å². The van der Waals surface area contributed by atoms with E-state index in [0.29, 0.717) is 11.8 Å². The highest BCUT2D eigenvalue weighted by Gasteiger charge is 2.29. The van der Waals surface area contributed by atoms with Crippen molar-refractivity contribution in [3.05, 3.63) is 217 Å². The minimum absolute atomic E-state index is 0.483. The van der Waals surface area contributed by atoms with Crippen LogP contribution in [0.5, 0.6) is 0 Å². The molecule has 0 N–H and O–H groups in total. The molecule has 0 amide bonds. The lowest BCUT2D eigenvalue weighted by Crippen LogP contribution is -2.20. The van der Waals surface area contributed by atoms with Gasteiger partial charge in [0, 0.05) is 38.4 Å². The molecular weight excluding hydrogens is 683 g/mol. The fourth-order valence-corrected chi connectivity index (χ4v) is 8.54. The lowest BCUT2D eigenvalue weighted by Gasteiger charge is -2.33. The number of rotatable bonds is 5. The molecule has 11 rings (SSSR count). The average Bonchev–Trinajstić information content (AvgIpc) is 3.80. The number of hydrogen-bond donors (Lipinski definition) is 0. The Morgan fingerprint density at radius 3 is 1.45 bits per heavy atom. The van der Waals surface area contributed by atoms with Crippen molar-refractivity contribution in [3.63, 3.8) is 0 Å². The first-order valence-corrected chi connectivity index (χ1v) is 19.0. The Labute approximate surface area is 324 Å². The summed E-state index contributed by atoms with van der Waals surface area (Å²) in [6.45, 7) is 0. The highest BCUT2D eigenvalue weighted by Crippen LogP contribution is 2.51. The van der Waals surface area contributed by atoms with Crippen LogP contribution >= 0.6 is 0 Å². The molecule has 0 fully saturated rings. The van der Waals surface area contributed by atoms with Gasteiger partial charge in [-0.3, -0.25) is 9.56 Å². The molecule has 0 saturated heterocycles. The molecular formula is C51H34N5-. The lowest BCUT2D eigenvalue weighted by atomic mass is 9.89. The molecule has 0 radical (unpaired) electrons. The van der Waals surface area contributed by atoms with Crippen LogP contribution in [0.2, 0.25) is 0 Å². The van der Waals surface area contributed by atoms with Gasteiger partial charge in [0.2, 0.25) is 0 Å². The SMILES string of the molecule is c1ccc(C2=NC(n3c4ccccc4c4c(-c5ccccc5)c5c6ccccc6n(-c6ccccc6)c5c(-c5ccccc5)c43)=NC(c3ccccc3)[N-]2)cc1. The van der Waals surface area contributed by atoms with Crippen LogP contribution in [0, 0.1) is 0 Å². The summed E-state index contributed by atoms with van der Waals surface area (Å²) in [5, 5.41) is 9.87. The summed E-state index contributed by atoms with van der Waals surface area (Å²) < 4.78 is 4.75. The molecule has 8 aromatic carbocycles. The molecule has 56 heavy (non-hydrogen) atoms. The molecule has 1 aliphatic rings. The second kappa shape index (κ2) is 13.1. The Balaban J connectivity index is 1.40. The van der Waals surface area contributed by atoms with Crippen LogP contribution in [-0.2, 0) is 0 Å². The van der Waals surface area contributed by atoms with E-state index in [1.807, 2.05) is 36.4 Å². The fraction of sp³-hybridized carbons (Fsp3) is 0.0196. The maximum absolute atomic E-state index is 5.43. The van der Waals surface area contributed by atoms with Crippen molar-refractivity contribution in [1.29, 1.82) is 0 Å². The highest BCUT2D eigenvalue weighted by molar-refractivity contribution is 6.34. The predicted molar refractivity (Wildman–Crippen MR) is 233 cm³/mol. The van der Waals surface area contributed by atoms with Gasteiger partial charge in [-0.1, -0.05) is 182 Å². The van der Waals surface area contributed by atoms with Gasteiger partial charge in [0.05, 0.1) is 28.2 Å². The summed E-state index contributed by atoms with van der Waals surface area (Å²) in [5.74, 6) is 1.25. The number of nitrogens with zero attached hydrogens (tertiary/aromatic N) is 5. The Morgan fingerprint density at radius 1 is 0.411 bits per heavy atom.